The Labute approximate surface area is 350 Å². The monoisotopic (exact) mass is 879 g/mol. The smallest absolute Gasteiger partial charge is 0.339 e. The van der Waals surface area contributed by atoms with E-state index in [1.54, 1.807) is 0 Å². The lowest BCUT2D eigenvalue weighted by atomic mass is 10.0. The number of carboxylic acids is 1. The van der Waals surface area contributed by atoms with Crippen molar-refractivity contribution in [2.24, 2.45) is 0 Å². The number of aromatic carboxylic acids is 1. The number of benzene rings is 7. The van der Waals surface area contributed by atoms with E-state index in [-0.39, 0.29) is 55.9 Å². The molecule has 0 atom stereocenters. The molecule has 62 heavy (non-hydrogen) atoms. The Hall–Kier alpha value is -7.72. The molecule has 0 spiro atoms. The highest BCUT2D eigenvalue weighted by atomic mass is 35.5. The lowest BCUT2D eigenvalue weighted by Crippen LogP contribution is -2.12. The molecule has 0 aliphatic rings. The fourth-order valence-corrected chi connectivity index (χ4v) is 5.72. The highest BCUT2D eigenvalue weighted by Crippen LogP contribution is 2.32. The number of phenols is 3. The number of halogens is 9. The summed E-state index contributed by atoms with van der Waals surface area (Å²) in [5, 5.41) is 38.9. The minimum atomic E-state index is -1.32. The summed E-state index contributed by atoms with van der Waals surface area (Å²) in [6.07, 6.45) is 0. The van der Waals surface area contributed by atoms with E-state index in [0.717, 1.165) is 54.6 Å². The van der Waals surface area contributed by atoms with E-state index >= 15 is 0 Å². The average Bonchev–Trinajstić information content (AvgIpc) is 3.20. The van der Waals surface area contributed by atoms with Crippen LogP contribution in [0, 0.1) is 46.5 Å². The average molecular weight is 880 g/mol. The van der Waals surface area contributed by atoms with E-state index in [0.29, 0.717) is 17.7 Å². The molecule has 0 heterocycles. The highest BCUT2D eigenvalue weighted by molar-refractivity contribution is 6.68. The molecule has 0 bridgehead atoms. The van der Waals surface area contributed by atoms with Gasteiger partial charge in [-0.25, -0.2) is 39.9 Å². The van der Waals surface area contributed by atoms with Gasteiger partial charge in [0.1, 0.15) is 57.7 Å². The summed E-state index contributed by atoms with van der Waals surface area (Å²) in [5.74, 6) is -9.97. The zero-order valence-electron chi connectivity index (χ0n) is 31.0. The molecule has 0 aliphatic carbocycles. The van der Waals surface area contributed by atoms with Crippen molar-refractivity contribution in [2.45, 2.75) is 0 Å². The minimum Gasteiger partial charge on any atom is -0.507 e. The number of nitrogens with one attached hydrogen (secondary N) is 1. The van der Waals surface area contributed by atoms with Crippen molar-refractivity contribution < 1.29 is 69.9 Å². The van der Waals surface area contributed by atoms with Gasteiger partial charge in [0.15, 0.2) is 11.6 Å². The third kappa shape index (κ3) is 11.1. The number of hydrogen-bond donors (Lipinski definition) is 5. The van der Waals surface area contributed by atoms with Crippen molar-refractivity contribution >= 4 is 34.4 Å². The molecule has 0 radical (unpaired) electrons. The molecular formula is C45H26ClF8NO7. The molecular weight excluding hydrogens is 854 g/mol. The number of phenolic OH excluding ortho intramolecular Hbond substituents is 2. The number of anilines is 1. The van der Waals surface area contributed by atoms with Crippen molar-refractivity contribution in [3.05, 3.63) is 191 Å². The maximum absolute atomic E-state index is 13.9. The number of carbonyl (C=O) groups is 3. The number of aromatic hydroxyl groups is 3. The predicted molar refractivity (Wildman–Crippen MR) is 212 cm³/mol. The number of hydrogen-bond acceptors (Lipinski definition) is 6. The second kappa shape index (κ2) is 19.6. The van der Waals surface area contributed by atoms with Gasteiger partial charge in [0.2, 0.25) is 0 Å². The lowest BCUT2D eigenvalue weighted by molar-refractivity contribution is 0.0693. The van der Waals surface area contributed by atoms with E-state index in [1.165, 1.54) is 60.7 Å². The molecule has 0 unspecified atom stereocenters. The van der Waals surface area contributed by atoms with E-state index in [4.69, 9.17) is 16.7 Å². The Morgan fingerprint density at radius 2 is 0.806 bits per heavy atom. The van der Waals surface area contributed by atoms with Crippen LogP contribution in [0.4, 0.5) is 40.8 Å². The van der Waals surface area contributed by atoms with Crippen LogP contribution in [0.15, 0.2) is 127 Å². The van der Waals surface area contributed by atoms with Crippen LogP contribution >= 0.6 is 11.6 Å². The number of carboxylic acid groups (broad SMARTS) is 1. The standard InChI is InChI=1S/C19H11F4NO2.C13H7ClF2O2.C13H8F2O3/c20-11-2-4-13(16(22)8-11)10-1-6-18(25)14(7-10)19(26)24-12-3-5-15(21)17(23)9-12;14-13(18)10-5-7(1-4-12(10)17)9-3-2-8(15)6-11(9)16;14-8-2-3-9(11(15)6-8)7-1-4-12(16)10(5-7)13(17)18/h1-9,25H,(H,24,26);1-6,17H;1-6,16H,(H,17,18). The Morgan fingerprint density at radius 3 is 1.19 bits per heavy atom. The molecule has 7 rings (SSSR count). The van der Waals surface area contributed by atoms with Gasteiger partial charge in [-0.05, 0) is 113 Å². The van der Waals surface area contributed by atoms with Crippen LogP contribution in [0.1, 0.15) is 31.1 Å². The van der Waals surface area contributed by atoms with E-state index < -0.39 is 75.2 Å². The van der Waals surface area contributed by atoms with E-state index in [2.05, 4.69) is 5.32 Å². The molecule has 316 valence electrons. The highest BCUT2D eigenvalue weighted by Gasteiger charge is 2.17. The zero-order valence-corrected chi connectivity index (χ0v) is 31.8. The van der Waals surface area contributed by atoms with Crippen molar-refractivity contribution in [2.75, 3.05) is 5.32 Å². The Morgan fingerprint density at radius 1 is 0.419 bits per heavy atom. The van der Waals surface area contributed by atoms with Crippen LogP contribution in [0.3, 0.4) is 0 Å². The number of carbonyl (C=O) groups excluding carboxylic acids is 2. The molecule has 5 N–H and O–H groups in total. The summed E-state index contributed by atoms with van der Waals surface area (Å²) in [6.45, 7) is 0. The third-order valence-corrected chi connectivity index (χ3v) is 8.78. The van der Waals surface area contributed by atoms with Gasteiger partial charge in [-0.2, -0.15) is 0 Å². The molecule has 7 aromatic carbocycles. The predicted octanol–water partition coefficient (Wildman–Crippen LogP) is 11.6. The first-order chi connectivity index (χ1) is 29.3. The van der Waals surface area contributed by atoms with Gasteiger partial charge in [-0.3, -0.25) is 9.59 Å². The molecule has 0 aliphatic heterocycles. The molecule has 17 heteroatoms. The van der Waals surface area contributed by atoms with Crippen LogP contribution in [0.5, 0.6) is 17.2 Å². The summed E-state index contributed by atoms with van der Waals surface area (Å²) in [4.78, 5) is 34.2. The topological polar surface area (TPSA) is 144 Å². The first-order valence-corrected chi connectivity index (χ1v) is 17.8. The minimum absolute atomic E-state index is 0.0216. The summed E-state index contributed by atoms with van der Waals surface area (Å²) in [6, 6.07) is 23.1. The number of rotatable bonds is 7. The molecule has 0 saturated carbocycles. The van der Waals surface area contributed by atoms with Crippen LogP contribution in [-0.2, 0) is 0 Å². The van der Waals surface area contributed by atoms with Gasteiger partial charge >= 0.3 is 5.97 Å². The number of amides is 1. The summed E-state index contributed by atoms with van der Waals surface area (Å²) in [7, 11) is 0. The first kappa shape index (κ1) is 45.4. The molecule has 0 aromatic heterocycles. The van der Waals surface area contributed by atoms with Gasteiger partial charge in [-0.15, -0.1) is 0 Å². The Balaban J connectivity index is 0.000000181. The summed E-state index contributed by atoms with van der Waals surface area (Å²) in [5.41, 5.74) is 0.340. The van der Waals surface area contributed by atoms with Crippen molar-refractivity contribution in [3.63, 3.8) is 0 Å². The fourth-order valence-electron chi connectivity index (χ4n) is 5.56. The van der Waals surface area contributed by atoms with Gasteiger partial charge in [0, 0.05) is 46.6 Å². The summed E-state index contributed by atoms with van der Waals surface area (Å²) >= 11 is 5.28. The second-order valence-electron chi connectivity index (χ2n) is 12.7. The second-order valence-corrected chi connectivity index (χ2v) is 13.1. The van der Waals surface area contributed by atoms with Gasteiger partial charge < -0.3 is 25.7 Å². The van der Waals surface area contributed by atoms with Crippen molar-refractivity contribution in [1.29, 1.82) is 0 Å². The first-order valence-electron chi connectivity index (χ1n) is 17.4. The van der Waals surface area contributed by atoms with Crippen molar-refractivity contribution in [1.82, 2.24) is 0 Å². The van der Waals surface area contributed by atoms with Crippen LogP contribution < -0.4 is 5.32 Å². The van der Waals surface area contributed by atoms with Crippen LogP contribution in [0.25, 0.3) is 33.4 Å². The molecule has 0 fully saturated rings. The largest absolute Gasteiger partial charge is 0.507 e. The fraction of sp³-hybridized carbons (Fsp3) is 0. The van der Waals surface area contributed by atoms with Gasteiger partial charge in [-0.1, -0.05) is 18.2 Å². The van der Waals surface area contributed by atoms with Gasteiger partial charge in [0.05, 0.1) is 11.1 Å². The quantitative estimate of drug-likeness (QED) is 0.0792. The summed E-state index contributed by atoms with van der Waals surface area (Å²) < 4.78 is 106. The van der Waals surface area contributed by atoms with E-state index in [9.17, 15) is 64.8 Å². The SMILES string of the molecule is O=C(Cl)c1cc(-c2ccc(F)cc2F)ccc1O.O=C(Nc1ccc(F)c(F)c1)c1cc(-c2ccc(F)cc2F)ccc1O.O=C(O)c1cc(-c2ccc(F)cc2F)ccc1O. The third-order valence-electron chi connectivity index (χ3n) is 8.58. The van der Waals surface area contributed by atoms with Crippen molar-refractivity contribution in [3.8, 4) is 50.6 Å². The molecule has 7 aromatic rings. The normalized spacial score (nSPS) is 10.5. The maximum Gasteiger partial charge on any atom is 0.339 e. The molecule has 0 saturated heterocycles. The van der Waals surface area contributed by atoms with Crippen LogP contribution in [-0.4, -0.2) is 37.5 Å². The molecule has 1 amide bonds. The lowest BCUT2D eigenvalue weighted by Gasteiger charge is -2.10. The Kier molecular flexibility index (Phi) is 14.3. The maximum atomic E-state index is 13.9. The zero-order chi connectivity index (χ0) is 45.4. The molecule has 8 nitrogen and oxygen atoms in total. The van der Waals surface area contributed by atoms with Gasteiger partial charge in [0.25, 0.3) is 11.1 Å². The Bertz CT molecular complexity index is 2750. The van der Waals surface area contributed by atoms with E-state index in [1.807, 2.05) is 0 Å². The van der Waals surface area contributed by atoms with Crippen LogP contribution in [0.2, 0.25) is 0 Å².